The van der Waals surface area contributed by atoms with E-state index in [1.807, 2.05) is 34.1 Å². The Morgan fingerprint density at radius 1 is 0.943 bits per heavy atom. The number of unbranched alkanes of at least 4 members (excludes halogenated alkanes) is 2. The summed E-state index contributed by atoms with van der Waals surface area (Å²) in [7, 11) is 1.63. The van der Waals surface area contributed by atoms with Gasteiger partial charge in [0, 0.05) is 52.2 Å². The van der Waals surface area contributed by atoms with Crippen LogP contribution in [0.15, 0.2) is 48.5 Å². The van der Waals surface area contributed by atoms with E-state index < -0.39 is 0 Å². The summed E-state index contributed by atoms with van der Waals surface area (Å²) in [4.78, 5) is 31.8. The molecule has 0 bridgehead atoms. The molecule has 7 heteroatoms. The normalized spacial score (nSPS) is 14.1. The van der Waals surface area contributed by atoms with Crippen molar-refractivity contribution in [3.63, 3.8) is 0 Å². The summed E-state index contributed by atoms with van der Waals surface area (Å²) < 4.78 is 18.5. The number of amides is 2. The van der Waals surface area contributed by atoms with Crippen molar-refractivity contribution >= 4 is 11.8 Å². The van der Waals surface area contributed by atoms with Gasteiger partial charge in [-0.05, 0) is 41.8 Å². The number of hydrogen-bond acceptors (Lipinski definition) is 4. The number of piperazine rings is 1. The van der Waals surface area contributed by atoms with Crippen LogP contribution in [0.2, 0.25) is 0 Å². The largest absolute Gasteiger partial charge is 0.497 e. The molecule has 0 radical (unpaired) electrons. The highest BCUT2D eigenvalue weighted by Gasteiger charge is 2.22. The molecule has 0 N–H and O–H groups in total. The van der Waals surface area contributed by atoms with Crippen LogP contribution in [0.5, 0.6) is 5.75 Å². The van der Waals surface area contributed by atoms with Gasteiger partial charge in [0.15, 0.2) is 0 Å². The Kier molecular flexibility index (Phi) is 10.5. The zero-order valence-corrected chi connectivity index (χ0v) is 21.0. The Balaban J connectivity index is 1.48. The van der Waals surface area contributed by atoms with Gasteiger partial charge in [0.05, 0.1) is 13.5 Å². The van der Waals surface area contributed by atoms with Gasteiger partial charge in [-0.2, -0.15) is 0 Å². The molecule has 0 saturated carbocycles. The van der Waals surface area contributed by atoms with E-state index in [2.05, 4.69) is 11.8 Å². The lowest BCUT2D eigenvalue weighted by Crippen LogP contribution is -2.51. The maximum Gasteiger partial charge on any atom is 0.227 e. The molecule has 35 heavy (non-hydrogen) atoms. The molecule has 0 aliphatic carbocycles. The first-order valence-corrected chi connectivity index (χ1v) is 12.6. The molecular weight excluding hydrogens is 445 g/mol. The van der Waals surface area contributed by atoms with Crippen molar-refractivity contribution < 1.29 is 18.7 Å². The first-order valence-electron chi connectivity index (χ1n) is 12.6. The smallest absolute Gasteiger partial charge is 0.227 e. The monoisotopic (exact) mass is 483 g/mol. The van der Waals surface area contributed by atoms with E-state index in [0.29, 0.717) is 39.0 Å². The standard InChI is InChI=1S/C28H38FN3O3/c1-3-4-5-6-27(33)32(22-24-7-11-25(29)12-8-24)20-17-30-15-18-31(19-16-30)28(34)21-23-9-13-26(35-2)14-10-23/h7-14H,3-6,15-22H2,1-2H3. The zero-order valence-electron chi connectivity index (χ0n) is 21.0. The molecule has 3 rings (SSSR count). The Labute approximate surface area is 208 Å². The van der Waals surface area contributed by atoms with Gasteiger partial charge < -0.3 is 14.5 Å². The van der Waals surface area contributed by atoms with E-state index in [9.17, 15) is 14.0 Å². The predicted octanol–water partition coefficient (Wildman–Crippen LogP) is 4.13. The molecule has 0 aromatic heterocycles. The number of benzene rings is 2. The van der Waals surface area contributed by atoms with E-state index in [-0.39, 0.29) is 17.6 Å². The minimum atomic E-state index is -0.269. The average molecular weight is 484 g/mol. The van der Waals surface area contributed by atoms with Crippen LogP contribution in [0.25, 0.3) is 0 Å². The van der Waals surface area contributed by atoms with Gasteiger partial charge in [0.25, 0.3) is 0 Å². The van der Waals surface area contributed by atoms with E-state index in [1.165, 1.54) is 12.1 Å². The zero-order chi connectivity index (χ0) is 25.0. The Bertz CT molecular complexity index is 925. The van der Waals surface area contributed by atoms with Crippen LogP contribution in [-0.4, -0.2) is 72.9 Å². The lowest BCUT2D eigenvalue weighted by atomic mass is 10.1. The molecule has 6 nitrogen and oxygen atoms in total. The van der Waals surface area contributed by atoms with Crippen LogP contribution in [0.4, 0.5) is 4.39 Å². The van der Waals surface area contributed by atoms with Crippen molar-refractivity contribution in [3.05, 3.63) is 65.5 Å². The maximum absolute atomic E-state index is 13.3. The summed E-state index contributed by atoms with van der Waals surface area (Å²) in [6.07, 6.45) is 3.95. The number of halogens is 1. The fourth-order valence-electron chi connectivity index (χ4n) is 4.30. The highest BCUT2D eigenvalue weighted by Crippen LogP contribution is 2.14. The first kappa shape index (κ1) is 26.7. The number of carbonyl (C=O) groups excluding carboxylic acids is 2. The van der Waals surface area contributed by atoms with Crippen LogP contribution in [0, 0.1) is 5.82 Å². The lowest BCUT2D eigenvalue weighted by molar-refractivity contribution is -0.132. The van der Waals surface area contributed by atoms with Crippen LogP contribution < -0.4 is 4.74 Å². The lowest BCUT2D eigenvalue weighted by Gasteiger charge is -2.36. The van der Waals surface area contributed by atoms with Gasteiger partial charge in [-0.15, -0.1) is 0 Å². The SMILES string of the molecule is CCCCCC(=O)N(CCN1CCN(C(=O)Cc2ccc(OC)cc2)CC1)Cc1ccc(F)cc1. The van der Waals surface area contributed by atoms with E-state index in [0.717, 1.165) is 55.8 Å². The van der Waals surface area contributed by atoms with Crippen molar-refractivity contribution in [2.75, 3.05) is 46.4 Å². The van der Waals surface area contributed by atoms with Crippen LogP contribution in [0.1, 0.15) is 43.7 Å². The first-order chi connectivity index (χ1) is 17.0. The minimum Gasteiger partial charge on any atom is -0.497 e. The number of nitrogens with zero attached hydrogens (tertiary/aromatic N) is 3. The van der Waals surface area contributed by atoms with E-state index in [1.54, 1.807) is 19.2 Å². The highest BCUT2D eigenvalue weighted by atomic mass is 19.1. The summed E-state index contributed by atoms with van der Waals surface area (Å²) in [5.41, 5.74) is 1.92. The Hall–Kier alpha value is -2.93. The molecule has 2 amide bonds. The molecule has 1 heterocycles. The summed E-state index contributed by atoms with van der Waals surface area (Å²) in [5.74, 6) is 0.802. The maximum atomic E-state index is 13.3. The van der Waals surface area contributed by atoms with Crippen LogP contribution >= 0.6 is 0 Å². The third-order valence-electron chi connectivity index (χ3n) is 6.56. The van der Waals surface area contributed by atoms with Crippen molar-refractivity contribution in [2.24, 2.45) is 0 Å². The quantitative estimate of drug-likeness (QED) is 0.426. The number of hydrogen-bond donors (Lipinski definition) is 0. The molecular formula is C28H38FN3O3. The number of rotatable bonds is 12. The fraction of sp³-hybridized carbons (Fsp3) is 0.500. The van der Waals surface area contributed by atoms with Crippen LogP contribution in [-0.2, 0) is 22.6 Å². The average Bonchev–Trinajstić information content (AvgIpc) is 2.88. The third kappa shape index (κ3) is 8.66. The molecule has 190 valence electrons. The molecule has 2 aromatic rings. The molecule has 0 atom stereocenters. The van der Waals surface area contributed by atoms with Crippen molar-refractivity contribution in [2.45, 2.75) is 45.6 Å². The van der Waals surface area contributed by atoms with E-state index in [4.69, 9.17) is 4.74 Å². The third-order valence-corrected chi connectivity index (χ3v) is 6.56. The second-order valence-corrected chi connectivity index (χ2v) is 9.15. The number of carbonyl (C=O) groups is 2. The number of methoxy groups -OCH3 is 1. The summed E-state index contributed by atoms with van der Waals surface area (Å²) in [5, 5.41) is 0. The molecule has 2 aromatic carbocycles. The van der Waals surface area contributed by atoms with Gasteiger partial charge in [0.2, 0.25) is 11.8 Å². The minimum absolute atomic E-state index is 0.138. The molecule has 1 aliphatic heterocycles. The van der Waals surface area contributed by atoms with Gasteiger partial charge in [-0.1, -0.05) is 44.0 Å². The summed E-state index contributed by atoms with van der Waals surface area (Å²) in [6.45, 7) is 6.98. The second kappa shape index (κ2) is 13.8. The Morgan fingerprint density at radius 2 is 1.60 bits per heavy atom. The topological polar surface area (TPSA) is 53.1 Å². The van der Waals surface area contributed by atoms with Gasteiger partial charge in [-0.25, -0.2) is 4.39 Å². The molecule has 0 spiro atoms. The van der Waals surface area contributed by atoms with Crippen LogP contribution in [0.3, 0.4) is 0 Å². The van der Waals surface area contributed by atoms with Gasteiger partial charge in [0.1, 0.15) is 11.6 Å². The predicted molar refractivity (Wildman–Crippen MR) is 136 cm³/mol. The highest BCUT2D eigenvalue weighted by molar-refractivity contribution is 5.79. The molecule has 1 fully saturated rings. The summed E-state index contributed by atoms with van der Waals surface area (Å²) >= 11 is 0. The second-order valence-electron chi connectivity index (χ2n) is 9.15. The number of ether oxygens (including phenoxy) is 1. The van der Waals surface area contributed by atoms with Gasteiger partial charge >= 0.3 is 0 Å². The van der Waals surface area contributed by atoms with Crippen molar-refractivity contribution in [1.29, 1.82) is 0 Å². The molecule has 0 unspecified atom stereocenters. The van der Waals surface area contributed by atoms with Gasteiger partial charge in [-0.3, -0.25) is 14.5 Å². The molecule has 1 aliphatic rings. The van der Waals surface area contributed by atoms with Crippen molar-refractivity contribution in [3.8, 4) is 5.75 Å². The summed E-state index contributed by atoms with van der Waals surface area (Å²) in [6, 6.07) is 14.0. The fourth-order valence-corrected chi connectivity index (χ4v) is 4.30. The Morgan fingerprint density at radius 3 is 2.23 bits per heavy atom. The van der Waals surface area contributed by atoms with E-state index >= 15 is 0 Å². The molecule has 1 saturated heterocycles. The van der Waals surface area contributed by atoms with Crippen molar-refractivity contribution in [1.82, 2.24) is 14.7 Å².